The van der Waals surface area contributed by atoms with Crippen LogP contribution in [0.3, 0.4) is 0 Å². The molecule has 0 spiro atoms. The summed E-state index contributed by atoms with van der Waals surface area (Å²) in [7, 11) is 0. The lowest BCUT2D eigenvalue weighted by atomic mass is 10.1. The van der Waals surface area contributed by atoms with Gasteiger partial charge in [-0.1, -0.05) is 49.0 Å². The minimum Gasteiger partial charge on any atom is -0.368 e. The van der Waals surface area contributed by atoms with E-state index in [1.165, 1.54) is 16.7 Å². The average molecular weight is 533 g/mol. The Morgan fingerprint density at radius 2 is 1.76 bits per heavy atom. The third kappa shape index (κ3) is 5.45. The fraction of sp³-hybridized carbons (Fsp3) is 0.393. The van der Waals surface area contributed by atoms with Gasteiger partial charge in [0, 0.05) is 43.5 Å². The summed E-state index contributed by atoms with van der Waals surface area (Å²) < 4.78 is 0. The zero-order chi connectivity index (χ0) is 26.6. The number of para-hydroxylation sites is 2. The Morgan fingerprint density at radius 1 is 1.05 bits per heavy atom. The first kappa shape index (κ1) is 26.0. The van der Waals surface area contributed by atoms with E-state index in [0.717, 1.165) is 30.8 Å². The van der Waals surface area contributed by atoms with E-state index in [4.69, 9.17) is 4.99 Å². The highest BCUT2D eigenvalue weighted by molar-refractivity contribution is 8.14. The van der Waals surface area contributed by atoms with Gasteiger partial charge in [-0.15, -0.1) is 0 Å². The number of amides is 3. The number of fused-ring (bicyclic) bond motifs is 3. The van der Waals surface area contributed by atoms with Crippen LogP contribution in [0.5, 0.6) is 0 Å². The van der Waals surface area contributed by atoms with Crippen LogP contribution in [0.4, 0.5) is 11.4 Å². The summed E-state index contributed by atoms with van der Waals surface area (Å²) >= 11 is 1.21. The van der Waals surface area contributed by atoms with Crippen molar-refractivity contribution in [3.8, 4) is 0 Å². The molecule has 38 heavy (non-hydrogen) atoms. The molecule has 2 unspecified atom stereocenters. The SMILES string of the molecule is CCC(C)NC(=O)CSC1=Nc2ccccc2C2=NC(CC(=O)N3CCN(c4ccccc4)CC3)C(=O)N12. The van der Waals surface area contributed by atoms with Gasteiger partial charge in [-0.25, -0.2) is 9.89 Å². The number of carbonyl (C=O) groups excluding carboxylic acids is 3. The minimum atomic E-state index is -0.810. The molecule has 3 heterocycles. The number of rotatable bonds is 7. The van der Waals surface area contributed by atoms with Crippen LogP contribution in [0.15, 0.2) is 64.6 Å². The van der Waals surface area contributed by atoms with E-state index in [-0.39, 0.29) is 35.9 Å². The number of carbonyl (C=O) groups is 3. The summed E-state index contributed by atoms with van der Waals surface area (Å²) in [4.78, 5) is 54.1. The van der Waals surface area contributed by atoms with Gasteiger partial charge in [-0.3, -0.25) is 19.4 Å². The molecular weight excluding hydrogens is 500 g/mol. The normalized spacial score (nSPS) is 19.4. The maximum atomic E-state index is 13.5. The fourth-order valence-electron chi connectivity index (χ4n) is 4.73. The van der Waals surface area contributed by atoms with Crippen LogP contribution in [0, 0.1) is 0 Å². The fourth-order valence-corrected chi connectivity index (χ4v) is 5.54. The number of benzene rings is 2. The number of aliphatic imine (C=N–C) groups is 2. The second-order valence-electron chi connectivity index (χ2n) is 9.63. The van der Waals surface area contributed by atoms with E-state index in [2.05, 4.69) is 27.3 Å². The number of nitrogens with zero attached hydrogens (tertiary/aromatic N) is 5. The van der Waals surface area contributed by atoms with Gasteiger partial charge in [-0.2, -0.15) is 0 Å². The number of anilines is 1. The van der Waals surface area contributed by atoms with Gasteiger partial charge >= 0.3 is 0 Å². The van der Waals surface area contributed by atoms with Crippen molar-refractivity contribution in [3.63, 3.8) is 0 Å². The third-order valence-corrected chi connectivity index (χ3v) is 7.96. The summed E-state index contributed by atoms with van der Waals surface area (Å²) in [6, 6.07) is 16.9. The molecule has 2 aromatic rings. The number of amidine groups is 2. The molecule has 10 heteroatoms. The Morgan fingerprint density at radius 3 is 2.50 bits per heavy atom. The lowest BCUT2D eigenvalue weighted by molar-refractivity contribution is -0.135. The summed E-state index contributed by atoms with van der Waals surface area (Å²) in [5.74, 6) is 0.166. The maximum absolute atomic E-state index is 13.5. The largest absolute Gasteiger partial charge is 0.368 e. The predicted molar refractivity (Wildman–Crippen MR) is 151 cm³/mol. The van der Waals surface area contributed by atoms with Crippen molar-refractivity contribution >= 4 is 51.9 Å². The zero-order valence-corrected chi connectivity index (χ0v) is 22.5. The molecule has 5 rings (SSSR count). The molecule has 198 valence electrons. The van der Waals surface area contributed by atoms with E-state index in [9.17, 15) is 14.4 Å². The number of nitrogens with one attached hydrogen (secondary N) is 1. The predicted octanol–water partition coefficient (Wildman–Crippen LogP) is 3.03. The second-order valence-corrected chi connectivity index (χ2v) is 10.6. The van der Waals surface area contributed by atoms with Gasteiger partial charge in [0.15, 0.2) is 5.17 Å². The lowest BCUT2D eigenvalue weighted by Gasteiger charge is -2.36. The number of hydrogen-bond donors (Lipinski definition) is 1. The van der Waals surface area contributed by atoms with Crippen molar-refractivity contribution in [2.24, 2.45) is 9.98 Å². The first-order chi connectivity index (χ1) is 18.4. The molecule has 3 aliphatic heterocycles. The molecule has 0 saturated carbocycles. The van der Waals surface area contributed by atoms with Gasteiger partial charge in [0.1, 0.15) is 11.9 Å². The molecule has 1 saturated heterocycles. The van der Waals surface area contributed by atoms with Gasteiger partial charge in [0.05, 0.1) is 17.9 Å². The quantitative estimate of drug-likeness (QED) is 0.591. The van der Waals surface area contributed by atoms with Crippen LogP contribution in [0.2, 0.25) is 0 Å². The molecule has 0 radical (unpaired) electrons. The molecule has 9 nitrogen and oxygen atoms in total. The van der Waals surface area contributed by atoms with E-state index >= 15 is 0 Å². The Balaban J connectivity index is 1.26. The average Bonchev–Trinajstić information content (AvgIpc) is 3.28. The molecule has 0 bridgehead atoms. The molecule has 2 aromatic carbocycles. The van der Waals surface area contributed by atoms with Crippen molar-refractivity contribution in [3.05, 3.63) is 60.2 Å². The van der Waals surface area contributed by atoms with Crippen molar-refractivity contribution in [2.75, 3.05) is 36.8 Å². The maximum Gasteiger partial charge on any atom is 0.259 e. The summed E-state index contributed by atoms with van der Waals surface area (Å²) in [5, 5.41) is 3.36. The van der Waals surface area contributed by atoms with E-state index in [1.807, 2.05) is 61.2 Å². The topological polar surface area (TPSA) is 97.7 Å². The molecule has 1 fully saturated rings. The van der Waals surface area contributed by atoms with Gasteiger partial charge in [0.25, 0.3) is 5.91 Å². The molecule has 0 aliphatic carbocycles. The first-order valence-corrected chi connectivity index (χ1v) is 14.0. The number of thioether (sulfide) groups is 1. The van der Waals surface area contributed by atoms with Crippen molar-refractivity contribution in [1.29, 1.82) is 0 Å². The highest BCUT2D eigenvalue weighted by Gasteiger charge is 2.42. The third-order valence-electron chi connectivity index (χ3n) is 7.02. The molecule has 3 amide bonds. The molecule has 1 N–H and O–H groups in total. The second kappa shape index (κ2) is 11.4. The first-order valence-electron chi connectivity index (χ1n) is 13.0. The summed E-state index contributed by atoms with van der Waals surface area (Å²) in [6.45, 7) is 6.66. The Hall–Kier alpha value is -3.66. The monoisotopic (exact) mass is 532 g/mol. The lowest BCUT2D eigenvalue weighted by Crippen LogP contribution is -2.50. The zero-order valence-electron chi connectivity index (χ0n) is 21.7. The van der Waals surface area contributed by atoms with Crippen LogP contribution in [0.25, 0.3) is 0 Å². The molecular formula is C28H32N6O3S. The Labute approximate surface area is 227 Å². The molecule has 0 aromatic heterocycles. The van der Waals surface area contributed by atoms with Crippen molar-refractivity contribution in [2.45, 2.75) is 38.8 Å². The van der Waals surface area contributed by atoms with Gasteiger partial charge < -0.3 is 15.1 Å². The van der Waals surface area contributed by atoms with Gasteiger partial charge in [-0.05, 0) is 37.6 Å². The van der Waals surface area contributed by atoms with Crippen LogP contribution < -0.4 is 10.2 Å². The Bertz CT molecular complexity index is 1270. The van der Waals surface area contributed by atoms with Crippen LogP contribution in [-0.4, -0.2) is 82.5 Å². The summed E-state index contributed by atoms with van der Waals surface area (Å²) in [6.07, 6.45) is 0.849. The van der Waals surface area contributed by atoms with Crippen LogP contribution in [0.1, 0.15) is 32.3 Å². The van der Waals surface area contributed by atoms with E-state index in [0.29, 0.717) is 29.8 Å². The van der Waals surface area contributed by atoms with Crippen molar-refractivity contribution in [1.82, 2.24) is 15.1 Å². The van der Waals surface area contributed by atoms with Gasteiger partial charge in [0.2, 0.25) is 11.8 Å². The number of hydrogen-bond acceptors (Lipinski definition) is 7. The van der Waals surface area contributed by atoms with Crippen LogP contribution in [-0.2, 0) is 14.4 Å². The minimum absolute atomic E-state index is 0.0127. The molecule has 2 atom stereocenters. The Kier molecular flexibility index (Phi) is 7.78. The number of piperazine rings is 1. The standard InChI is InChI=1S/C28H32N6O3S/c1-3-19(2)29-24(35)18-38-28-31-22-12-8-7-11-21(22)26-30-23(27(37)34(26)28)17-25(36)33-15-13-32(14-16-33)20-9-5-4-6-10-20/h4-12,19,23H,3,13-18H2,1-2H3,(H,29,35). The van der Waals surface area contributed by atoms with Crippen molar-refractivity contribution < 1.29 is 14.4 Å². The van der Waals surface area contributed by atoms with E-state index < -0.39 is 6.04 Å². The van der Waals surface area contributed by atoms with E-state index in [1.54, 1.807) is 0 Å². The highest BCUT2D eigenvalue weighted by atomic mass is 32.2. The smallest absolute Gasteiger partial charge is 0.259 e. The van der Waals surface area contributed by atoms with Crippen LogP contribution >= 0.6 is 11.8 Å². The highest BCUT2D eigenvalue weighted by Crippen LogP contribution is 2.34. The molecule has 3 aliphatic rings. The summed E-state index contributed by atoms with van der Waals surface area (Å²) in [5.41, 5.74) is 2.60.